The molecule has 1 aromatic carbocycles. The van der Waals surface area contributed by atoms with Crippen LogP contribution in [0.5, 0.6) is 0 Å². The van der Waals surface area contributed by atoms with E-state index >= 15 is 0 Å². The predicted octanol–water partition coefficient (Wildman–Crippen LogP) is 3.50. The molecule has 0 aromatic heterocycles. The second-order valence-electron chi connectivity index (χ2n) is 2.51. The minimum atomic E-state index is 0.640. The van der Waals surface area contributed by atoms with Crippen molar-refractivity contribution in [2.45, 2.75) is 19.1 Å². The normalized spacial score (nSPS) is 12.9. The molecule has 0 saturated carbocycles. The summed E-state index contributed by atoms with van der Waals surface area (Å²) in [6.07, 6.45) is 0. The van der Waals surface area contributed by atoms with Gasteiger partial charge >= 0.3 is 0 Å². The van der Waals surface area contributed by atoms with Gasteiger partial charge in [0, 0.05) is 5.25 Å². The number of benzene rings is 1. The second kappa shape index (κ2) is 4.45. The highest BCUT2D eigenvalue weighted by Gasteiger charge is 2.01. The van der Waals surface area contributed by atoms with Gasteiger partial charge in [-0.1, -0.05) is 37.3 Å². The van der Waals surface area contributed by atoms with Gasteiger partial charge in [0.25, 0.3) is 0 Å². The van der Waals surface area contributed by atoms with E-state index in [9.17, 15) is 0 Å². The molecule has 0 radical (unpaired) electrons. The zero-order valence-electron chi connectivity index (χ0n) is 7.08. The van der Waals surface area contributed by atoms with Crippen LogP contribution in [-0.4, -0.2) is 5.75 Å². The molecule has 0 aliphatic carbocycles. The van der Waals surface area contributed by atoms with Crippen molar-refractivity contribution in [2.75, 3.05) is 5.75 Å². The van der Waals surface area contributed by atoms with Crippen molar-refractivity contribution in [3.8, 4) is 0 Å². The van der Waals surface area contributed by atoms with E-state index in [1.54, 1.807) is 0 Å². The van der Waals surface area contributed by atoms with Crippen LogP contribution >= 0.6 is 11.8 Å². The fraction of sp³-hybridized carbons (Fsp3) is 0.400. The van der Waals surface area contributed by atoms with Gasteiger partial charge in [0.2, 0.25) is 0 Å². The van der Waals surface area contributed by atoms with Gasteiger partial charge in [-0.2, -0.15) is 11.8 Å². The quantitative estimate of drug-likeness (QED) is 0.662. The SMILES string of the molecule is CCSC(C)c1ccccc1. The van der Waals surface area contributed by atoms with Gasteiger partial charge < -0.3 is 0 Å². The van der Waals surface area contributed by atoms with Crippen LogP contribution in [-0.2, 0) is 0 Å². The summed E-state index contributed by atoms with van der Waals surface area (Å²) in [5, 5.41) is 0.640. The molecule has 0 fully saturated rings. The smallest absolute Gasteiger partial charge is 0.0268 e. The Morgan fingerprint density at radius 2 is 1.91 bits per heavy atom. The first-order valence-corrected chi connectivity index (χ1v) is 5.06. The van der Waals surface area contributed by atoms with E-state index in [2.05, 4.69) is 44.2 Å². The van der Waals surface area contributed by atoms with Gasteiger partial charge in [-0.25, -0.2) is 0 Å². The van der Waals surface area contributed by atoms with Crippen molar-refractivity contribution in [3.05, 3.63) is 35.9 Å². The number of hydrogen-bond donors (Lipinski definition) is 0. The van der Waals surface area contributed by atoms with Crippen LogP contribution in [0.1, 0.15) is 24.7 Å². The van der Waals surface area contributed by atoms with E-state index in [1.165, 1.54) is 11.3 Å². The lowest BCUT2D eigenvalue weighted by Crippen LogP contribution is -1.86. The Balaban J connectivity index is 2.61. The molecule has 60 valence electrons. The molecule has 1 heteroatoms. The minimum absolute atomic E-state index is 0.640. The summed E-state index contributed by atoms with van der Waals surface area (Å²) in [5.74, 6) is 1.19. The average Bonchev–Trinajstić information content (AvgIpc) is 2.07. The number of hydrogen-bond acceptors (Lipinski definition) is 1. The molecule has 0 spiro atoms. The molecule has 1 aromatic rings. The number of thioether (sulfide) groups is 1. The molecule has 1 atom stereocenters. The van der Waals surface area contributed by atoms with Gasteiger partial charge in [0.15, 0.2) is 0 Å². The predicted molar refractivity (Wildman–Crippen MR) is 53.0 cm³/mol. The second-order valence-corrected chi connectivity index (χ2v) is 4.13. The van der Waals surface area contributed by atoms with Gasteiger partial charge in [0.1, 0.15) is 0 Å². The maximum Gasteiger partial charge on any atom is 0.0268 e. The molecule has 0 saturated heterocycles. The van der Waals surface area contributed by atoms with Crippen molar-refractivity contribution in [1.82, 2.24) is 0 Å². The largest absolute Gasteiger partial charge is 0.154 e. The molecular formula is C10H14S. The molecule has 0 aliphatic heterocycles. The molecule has 1 unspecified atom stereocenters. The summed E-state index contributed by atoms with van der Waals surface area (Å²) in [6.45, 7) is 4.45. The molecule has 0 aliphatic rings. The lowest BCUT2D eigenvalue weighted by molar-refractivity contribution is 1.10. The Hall–Kier alpha value is -0.430. The molecule has 0 amide bonds. The molecule has 0 bridgehead atoms. The van der Waals surface area contributed by atoms with Crippen molar-refractivity contribution in [2.24, 2.45) is 0 Å². The summed E-state index contributed by atoms with van der Waals surface area (Å²) in [5.41, 5.74) is 1.43. The van der Waals surface area contributed by atoms with Crippen LogP contribution in [0.2, 0.25) is 0 Å². The molecule has 11 heavy (non-hydrogen) atoms. The van der Waals surface area contributed by atoms with E-state index in [0.717, 1.165) is 0 Å². The van der Waals surface area contributed by atoms with Gasteiger partial charge in [-0.15, -0.1) is 0 Å². The molecular weight excluding hydrogens is 152 g/mol. The van der Waals surface area contributed by atoms with Crippen LogP contribution in [0.3, 0.4) is 0 Å². The fourth-order valence-electron chi connectivity index (χ4n) is 1.07. The van der Waals surface area contributed by atoms with Crippen molar-refractivity contribution >= 4 is 11.8 Å². The third-order valence-corrected chi connectivity index (χ3v) is 2.79. The topological polar surface area (TPSA) is 0 Å². The van der Waals surface area contributed by atoms with E-state index in [-0.39, 0.29) is 0 Å². The Labute approximate surface area is 73.0 Å². The van der Waals surface area contributed by atoms with Crippen LogP contribution in [0, 0.1) is 0 Å². The Kier molecular flexibility index (Phi) is 3.50. The third kappa shape index (κ3) is 2.58. The summed E-state index contributed by atoms with van der Waals surface area (Å²) in [6, 6.07) is 10.6. The summed E-state index contributed by atoms with van der Waals surface area (Å²) < 4.78 is 0. The Morgan fingerprint density at radius 1 is 1.27 bits per heavy atom. The van der Waals surface area contributed by atoms with Gasteiger partial charge in [-0.3, -0.25) is 0 Å². The van der Waals surface area contributed by atoms with E-state index in [1.807, 2.05) is 11.8 Å². The van der Waals surface area contributed by atoms with E-state index in [4.69, 9.17) is 0 Å². The highest BCUT2D eigenvalue weighted by molar-refractivity contribution is 7.99. The maximum absolute atomic E-state index is 2.25. The molecule has 1 rings (SSSR count). The van der Waals surface area contributed by atoms with Crippen LogP contribution in [0.15, 0.2) is 30.3 Å². The average molecular weight is 166 g/mol. The van der Waals surface area contributed by atoms with Crippen LogP contribution in [0.4, 0.5) is 0 Å². The zero-order chi connectivity index (χ0) is 8.10. The van der Waals surface area contributed by atoms with Crippen LogP contribution < -0.4 is 0 Å². The molecule has 0 heterocycles. The summed E-state index contributed by atoms with van der Waals surface area (Å²) in [7, 11) is 0. The Bertz CT molecular complexity index is 193. The lowest BCUT2D eigenvalue weighted by atomic mass is 10.2. The van der Waals surface area contributed by atoms with Gasteiger partial charge in [0.05, 0.1) is 0 Å². The minimum Gasteiger partial charge on any atom is -0.154 e. The van der Waals surface area contributed by atoms with Crippen molar-refractivity contribution < 1.29 is 0 Å². The van der Waals surface area contributed by atoms with Crippen molar-refractivity contribution in [1.29, 1.82) is 0 Å². The first kappa shape index (κ1) is 8.66. The highest BCUT2D eigenvalue weighted by Crippen LogP contribution is 2.26. The highest BCUT2D eigenvalue weighted by atomic mass is 32.2. The maximum atomic E-state index is 2.25. The zero-order valence-corrected chi connectivity index (χ0v) is 7.90. The first-order chi connectivity index (χ1) is 5.34. The van der Waals surface area contributed by atoms with Gasteiger partial charge in [-0.05, 0) is 18.2 Å². The standard InChI is InChI=1S/C10H14S/c1-3-11-9(2)10-7-5-4-6-8-10/h4-9H,3H2,1-2H3. The van der Waals surface area contributed by atoms with Crippen LogP contribution in [0.25, 0.3) is 0 Å². The van der Waals surface area contributed by atoms with Crippen molar-refractivity contribution in [3.63, 3.8) is 0 Å². The monoisotopic (exact) mass is 166 g/mol. The fourth-order valence-corrected chi connectivity index (χ4v) is 1.92. The lowest BCUT2D eigenvalue weighted by Gasteiger charge is -2.08. The third-order valence-electron chi connectivity index (χ3n) is 1.69. The summed E-state index contributed by atoms with van der Waals surface area (Å²) >= 11 is 1.98. The van der Waals surface area contributed by atoms with E-state index in [0.29, 0.717) is 5.25 Å². The number of rotatable bonds is 3. The first-order valence-electron chi connectivity index (χ1n) is 4.01. The molecule has 0 N–H and O–H groups in total. The summed E-state index contributed by atoms with van der Waals surface area (Å²) in [4.78, 5) is 0. The van der Waals surface area contributed by atoms with E-state index < -0.39 is 0 Å². The Morgan fingerprint density at radius 3 is 2.45 bits per heavy atom. The molecule has 0 nitrogen and oxygen atoms in total.